The van der Waals surface area contributed by atoms with Gasteiger partial charge in [0.05, 0.1) is 11.4 Å². The molecule has 0 aliphatic rings. The molecule has 4 rings (SSSR count). The fourth-order valence-corrected chi connectivity index (χ4v) is 3.09. The Morgan fingerprint density at radius 3 is 2.41 bits per heavy atom. The molecule has 0 spiro atoms. The first-order valence-corrected chi connectivity index (χ1v) is 8.95. The quantitative estimate of drug-likeness (QED) is 0.403. The Morgan fingerprint density at radius 2 is 1.76 bits per heavy atom. The minimum Gasteiger partial charge on any atom is -0.380 e. The lowest BCUT2D eigenvalue weighted by Crippen LogP contribution is -2.21. The molecule has 0 aliphatic heterocycles. The number of H-pyrrole nitrogens is 1. The highest BCUT2D eigenvalue weighted by Gasteiger charge is 2.22. The number of fused-ring (bicyclic) bond motifs is 1. The molecule has 0 bridgehead atoms. The standard InChI is InChI=1S/C21H18N6O2/c1-12-8-10-15(11-9-12)24-25-17-19(22)26-27-18(14-6-4-3-5-7-14)16(13(2)28)21(29)23-20(17)27/h3-11H,1-2H3,(H2,22,26)(H,23,29). The molecule has 3 N–H and O–H groups in total. The molecule has 144 valence electrons. The number of benzene rings is 2. The van der Waals surface area contributed by atoms with Gasteiger partial charge in [0.15, 0.2) is 22.9 Å². The third kappa shape index (κ3) is 3.31. The van der Waals surface area contributed by atoms with Crippen molar-refractivity contribution in [2.45, 2.75) is 13.8 Å². The molecule has 2 aromatic carbocycles. The molecule has 4 aromatic rings. The van der Waals surface area contributed by atoms with Crippen LogP contribution in [0, 0.1) is 6.92 Å². The van der Waals surface area contributed by atoms with Crippen LogP contribution in [0.3, 0.4) is 0 Å². The van der Waals surface area contributed by atoms with Crippen molar-refractivity contribution in [2.75, 3.05) is 5.73 Å². The van der Waals surface area contributed by atoms with Gasteiger partial charge in [-0.3, -0.25) is 9.59 Å². The van der Waals surface area contributed by atoms with E-state index in [0.717, 1.165) is 5.56 Å². The average molecular weight is 386 g/mol. The number of Topliss-reactive ketones (excluding diaryl/α,β-unsaturated/α-hetero) is 1. The maximum absolute atomic E-state index is 12.7. The number of hydrogen-bond donors (Lipinski definition) is 2. The molecule has 8 nitrogen and oxygen atoms in total. The zero-order valence-corrected chi connectivity index (χ0v) is 15.9. The van der Waals surface area contributed by atoms with Crippen LogP contribution in [0.2, 0.25) is 0 Å². The molecule has 0 amide bonds. The fourth-order valence-electron chi connectivity index (χ4n) is 3.09. The number of rotatable bonds is 4. The van der Waals surface area contributed by atoms with E-state index in [1.165, 1.54) is 11.4 Å². The van der Waals surface area contributed by atoms with Gasteiger partial charge in [-0.15, -0.1) is 10.2 Å². The number of aromatic nitrogens is 3. The van der Waals surface area contributed by atoms with Crippen LogP contribution in [-0.2, 0) is 0 Å². The Morgan fingerprint density at radius 1 is 1.07 bits per heavy atom. The van der Waals surface area contributed by atoms with E-state index >= 15 is 0 Å². The Bertz CT molecular complexity index is 1300. The molecule has 0 radical (unpaired) electrons. The molecule has 0 aliphatic carbocycles. The predicted molar refractivity (Wildman–Crippen MR) is 111 cm³/mol. The van der Waals surface area contributed by atoms with Gasteiger partial charge in [-0.25, -0.2) is 4.52 Å². The van der Waals surface area contributed by atoms with E-state index in [4.69, 9.17) is 5.73 Å². The van der Waals surface area contributed by atoms with Gasteiger partial charge in [0.2, 0.25) is 0 Å². The van der Waals surface area contributed by atoms with Gasteiger partial charge >= 0.3 is 0 Å². The molecular formula is C21H18N6O2. The van der Waals surface area contributed by atoms with E-state index in [0.29, 0.717) is 16.9 Å². The summed E-state index contributed by atoms with van der Waals surface area (Å²) in [6, 6.07) is 16.6. The molecule has 29 heavy (non-hydrogen) atoms. The number of nitrogens with two attached hydrogens (primary N) is 1. The summed E-state index contributed by atoms with van der Waals surface area (Å²) in [7, 11) is 0. The number of carbonyl (C=O) groups is 1. The maximum atomic E-state index is 12.7. The number of anilines is 1. The Balaban J connectivity index is 1.96. The van der Waals surface area contributed by atoms with E-state index < -0.39 is 5.56 Å². The third-order valence-electron chi connectivity index (χ3n) is 4.49. The van der Waals surface area contributed by atoms with Crippen LogP contribution >= 0.6 is 0 Å². The normalized spacial score (nSPS) is 11.4. The zero-order valence-electron chi connectivity index (χ0n) is 15.9. The second kappa shape index (κ2) is 7.16. The molecular weight excluding hydrogens is 368 g/mol. The van der Waals surface area contributed by atoms with Crippen molar-refractivity contribution >= 4 is 28.6 Å². The largest absolute Gasteiger partial charge is 0.380 e. The first kappa shape index (κ1) is 18.3. The lowest BCUT2D eigenvalue weighted by molar-refractivity contribution is 0.101. The highest BCUT2D eigenvalue weighted by atomic mass is 16.1. The van der Waals surface area contributed by atoms with Crippen molar-refractivity contribution in [3.8, 4) is 11.3 Å². The van der Waals surface area contributed by atoms with Crippen LogP contribution in [0.1, 0.15) is 22.8 Å². The van der Waals surface area contributed by atoms with Gasteiger partial charge in [-0.05, 0) is 26.0 Å². The van der Waals surface area contributed by atoms with Crippen molar-refractivity contribution in [3.63, 3.8) is 0 Å². The first-order chi connectivity index (χ1) is 14.0. The van der Waals surface area contributed by atoms with Crippen LogP contribution < -0.4 is 11.3 Å². The molecule has 0 saturated heterocycles. The van der Waals surface area contributed by atoms with Gasteiger partial charge in [0, 0.05) is 5.56 Å². The number of nitrogens with one attached hydrogen (secondary N) is 1. The Kier molecular flexibility index (Phi) is 4.52. The van der Waals surface area contributed by atoms with Crippen LogP contribution in [0.25, 0.3) is 16.9 Å². The molecule has 0 saturated carbocycles. The van der Waals surface area contributed by atoms with Crippen molar-refractivity contribution in [2.24, 2.45) is 10.2 Å². The van der Waals surface area contributed by atoms with Gasteiger partial charge in [-0.2, -0.15) is 5.11 Å². The number of nitrogens with zero attached hydrogens (tertiary/aromatic N) is 4. The van der Waals surface area contributed by atoms with E-state index in [1.54, 1.807) is 12.1 Å². The number of aryl methyl sites for hydroxylation is 1. The summed E-state index contributed by atoms with van der Waals surface area (Å²) in [5, 5.41) is 12.7. The number of carbonyl (C=O) groups excluding carboxylic acids is 1. The number of nitrogen functional groups attached to an aromatic ring is 1. The molecule has 2 heterocycles. The average Bonchev–Trinajstić information content (AvgIpc) is 3.01. The zero-order chi connectivity index (χ0) is 20.5. The van der Waals surface area contributed by atoms with Crippen molar-refractivity contribution in [3.05, 3.63) is 76.1 Å². The summed E-state index contributed by atoms with van der Waals surface area (Å²) in [6.45, 7) is 3.32. The highest BCUT2D eigenvalue weighted by Crippen LogP contribution is 2.32. The first-order valence-electron chi connectivity index (χ1n) is 8.95. The van der Waals surface area contributed by atoms with Crippen LogP contribution in [0.15, 0.2) is 69.6 Å². The second-order valence-corrected chi connectivity index (χ2v) is 6.63. The summed E-state index contributed by atoms with van der Waals surface area (Å²) in [5.74, 6) is -0.279. The summed E-state index contributed by atoms with van der Waals surface area (Å²) >= 11 is 0. The summed E-state index contributed by atoms with van der Waals surface area (Å²) in [4.78, 5) is 27.6. The molecule has 0 atom stereocenters. The smallest absolute Gasteiger partial charge is 0.262 e. The van der Waals surface area contributed by atoms with Crippen LogP contribution in [0.5, 0.6) is 0 Å². The van der Waals surface area contributed by atoms with Crippen LogP contribution in [0.4, 0.5) is 17.2 Å². The van der Waals surface area contributed by atoms with Crippen molar-refractivity contribution in [1.82, 2.24) is 14.6 Å². The topological polar surface area (TPSA) is 118 Å². The number of aromatic amines is 1. The maximum Gasteiger partial charge on any atom is 0.262 e. The van der Waals surface area contributed by atoms with E-state index in [2.05, 4.69) is 20.3 Å². The second-order valence-electron chi connectivity index (χ2n) is 6.63. The minimum atomic E-state index is -0.532. The molecule has 8 heteroatoms. The predicted octanol–water partition coefficient (Wildman–Crippen LogP) is 4.20. The van der Waals surface area contributed by atoms with E-state index in [-0.39, 0.29) is 28.5 Å². The Labute approximate surface area is 165 Å². The van der Waals surface area contributed by atoms with Crippen molar-refractivity contribution < 1.29 is 4.79 Å². The van der Waals surface area contributed by atoms with Crippen LogP contribution in [-0.4, -0.2) is 20.4 Å². The van der Waals surface area contributed by atoms with Crippen molar-refractivity contribution in [1.29, 1.82) is 0 Å². The van der Waals surface area contributed by atoms with E-state index in [1.807, 2.05) is 49.4 Å². The number of azo groups is 1. The number of ketones is 1. The lowest BCUT2D eigenvalue weighted by Gasteiger charge is -2.09. The van der Waals surface area contributed by atoms with E-state index in [9.17, 15) is 9.59 Å². The minimum absolute atomic E-state index is 0.00761. The monoisotopic (exact) mass is 386 g/mol. The van der Waals surface area contributed by atoms with Gasteiger partial charge < -0.3 is 10.7 Å². The highest BCUT2D eigenvalue weighted by molar-refractivity contribution is 6.00. The Hall–Kier alpha value is -4.07. The SMILES string of the molecule is CC(=O)c1c(-c2ccccc2)n2nc(N)c(N=Nc3ccc(C)cc3)c2[nH]c1=O. The van der Waals surface area contributed by atoms with Gasteiger partial charge in [-0.1, -0.05) is 48.0 Å². The summed E-state index contributed by atoms with van der Waals surface area (Å²) in [6.07, 6.45) is 0. The fraction of sp³-hybridized carbons (Fsp3) is 0.0952. The summed E-state index contributed by atoms with van der Waals surface area (Å²) < 4.78 is 1.44. The third-order valence-corrected chi connectivity index (χ3v) is 4.49. The summed E-state index contributed by atoms with van der Waals surface area (Å²) in [5.41, 5.74) is 8.82. The molecule has 0 unspecified atom stereocenters. The molecule has 0 fully saturated rings. The number of hydrogen-bond acceptors (Lipinski definition) is 6. The van der Waals surface area contributed by atoms with Gasteiger partial charge in [0.25, 0.3) is 5.56 Å². The molecule has 2 aromatic heterocycles. The van der Waals surface area contributed by atoms with Gasteiger partial charge in [0.1, 0.15) is 5.56 Å². The lowest BCUT2D eigenvalue weighted by atomic mass is 10.0.